The van der Waals surface area contributed by atoms with Crippen LogP contribution in [0.25, 0.3) is 21.9 Å². The number of furan rings is 1. The Labute approximate surface area is 341 Å². The van der Waals surface area contributed by atoms with E-state index in [9.17, 15) is 0 Å². The first kappa shape index (κ1) is 33.8. The third-order valence-corrected chi connectivity index (χ3v) is 14.1. The van der Waals surface area contributed by atoms with Crippen LogP contribution in [0.15, 0.2) is 216 Å². The summed E-state index contributed by atoms with van der Waals surface area (Å²) in [5, 5.41) is 2.31. The summed E-state index contributed by atoms with van der Waals surface area (Å²) < 4.78 is 6.57. The van der Waals surface area contributed by atoms with Gasteiger partial charge in [-0.3, -0.25) is 0 Å². The normalized spacial score (nSPS) is 27.8. The minimum absolute atomic E-state index is 0.247. The van der Waals surface area contributed by atoms with Gasteiger partial charge in [-0.05, 0) is 96.3 Å². The molecule has 0 spiro atoms. The number of allylic oxidation sites excluding steroid dienone is 8. The van der Waals surface area contributed by atoms with Crippen molar-refractivity contribution in [2.45, 2.75) is 49.1 Å². The fourth-order valence-electron chi connectivity index (χ4n) is 11.8. The van der Waals surface area contributed by atoms with Crippen molar-refractivity contribution in [3.63, 3.8) is 0 Å². The lowest BCUT2D eigenvalue weighted by Gasteiger charge is -2.43. The Kier molecular flexibility index (Phi) is 7.80. The summed E-state index contributed by atoms with van der Waals surface area (Å²) in [6, 6.07) is 47.6. The van der Waals surface area contributed by atoms with Crippen LogP contribution in [0.5, 0.6) is 0 Å². The monoisotopic (exact) mass is 750 g/mol. The molecule has 58 heavy (non-hydrogen) atoms. The van der Waals surface area contributed by atoms with Crippen LogP contribution in [0.3, 0.4) is 0 Å². The van der Waals surface area contributed by atoms with Gasteiger partial charge < -0.3 is 14.2 Å². The smallest absolute Gasteiger partial charge is 0.137 e. The van der Waals surface area contributed by atoms with Crippen LogP contribution in [0.4, 0.5) is 11.4 Å². The first-order valence-electron chi connectivity index (χ1n) is 21.3. The fourth-order valence-corrected chi connectivity index (χ4v) is 11.8. The Morgan fingerprint density at radius 1 is 0.672 bits per heavy atom. The lowest BCUT2D eigenvalue weighted by Crippen LogP contribution is -2.38. The van der Waals surface area contributed by atoms with Gasteiger partial charge in [-0.25, -0.2) is 0 Å². The zero-order valence-electron chi connectivity index (χ0n) is 32.6. The van der Waals surface area contributed by atoms with Gasteiger partial charge in [0, 0.05) is 62.8 Å². The van der Waals surface area contributed by atoms with Crippen LogP contribution in [-0.2, 0) is 5.41 Å². The standard InChI is InChI=1S/C55H46N2O/c1-4-16-37(17-5-1)55(38-18-6-2-7-19-38)49-25-13-10-22-43(49)44-31-28-41(35-50(44)55)56(42-29-32-47-46-24-12-15-27-53(46)58-54(47)36-42)40-30-33-52-48(34-40)45-23-11-14-26-51(45)57(52)39-20-8-3-9-21-39/h1,3-6,8-18,20-30,32-36,38,44-45,48,51-52H,2,7,19,31H2. The van der Waals surface area contributed by atoms with E-state index in [0.29, 0.717) is 29.7 Å². The van der Waals surface area contributed by atoms with E-state index in [-0.39, 0.29) is 11.5 Å². The van der Waals surface area contributed by atoms with Crippen molar-refractivity contribution in [2.75, 3.05) is 9.80 Å². The van der Waals surface area contributed by atoms with E-state index in [1.165, 1.54) is 52.2 Å². The molecule has 12 rings (SSSR count). The van der Waals surface area contributed by atoms with Crippen LogP contribution < -0.4 is 9.80 Å². The highest BCUT2D eigenvalue weighted by atomic mass is 16.3. The second-order valence-corrected chi connectivity index (χ2v) is 17.0. The predicted molar refractivity (Wildman–Crippen MR) is 239 cm³/mol. The van der Waals surface area contributed by atoms with Crippen LogP contribution in [-0.4, -0.2) is 12.1 Å². The molecule has 6 aromatic rings. The molecular formula is C55H46N2O. The SMILES string of the molecule is C1=CC2C3C=C(N(C4=CCC5C(=C4)C(c4ccccc4)(C4C=CCCC4)c4ccccc45)c4ccc5c(c4)oc4ccccc45)C=CC3N(c3ccccc3)C2C=C1. The largest absolute Gasteiger partial charge is 0.456 e. The highest BCUT2D eigenvalue weighted by molar-refractivity contribution is 6.05. The minimum Gasteiger partial charge on any atom is -0.456 e. The molecule has 282 valence electrons. The topological polar surface area (TPSA) is 19.6 Å². The number of rotatable bonds is 6. The maximum atomic E-state index is 6.57. The molecule has 0 N–H and O–H groups in total. The molecule has 5 aliphatic carbocycles. The number of hydrogen-bond donors (Lipinski definition) is 0. The first-order chi connectivity index (χ1) is 28.8. The number of hydrogen-bond acceptors (Lipinski definition) is 3. The number of fused-ring (bicyclic) bond motifs is 9. The summed E-state index contributed by atoms with van der Waals surface area (Å²) in [5.74, 6) is 1.37. The number of anilines is 2. The molecule has 7 unspecified atom stereocenters. The maximum absolute atomic E-state index is 6.57. The van der Waals surface area contributed by atoms with Crippen molar-refractivity contribution in [3.05, 3.63) is 228 Å². The Hall–Kier alpha value is -6.32. The molecule has 1 aliphatic heterocycles. The summed E-state index contributed by atoms with van der Waals surface area (Å²) in [6.45, 7) is 0. The van der Waals surface area contributed by atoms with E-state index in [1.807, 2.05) is 0 Å². The van der Waals surface area contributed by atoms with E-state index in [4.69, 9.17) is 4.42 Å². The van der Waals surface area contributed by atoms with Gasteiger partial charge in [0.2, 0.25) is 0 Å². The summed E-state index contributed by atoms with van der Waals surface area (Å²) in [5.41, 5.74) is 12.3. The minimum atomic E-state index is -0.247. The molecule has 0 radical (unpaired) electrons. The molecule has 1 fully saturated rings. The summed E-state index contributed by atoms with van der Waals surface area (Å²) in [7, 11) is 0. The Bertz CT molecular complexity index is 2800. The molecule has 0 amide bonds. The molecule has 0 bridgehead atoms. The van der Waals surface area contributed by atoms with Crippen LogP contribution in [0.2, 0.25) is 0 Å². The van der Waals surface area contributed by atoms with Crippen LogP contribution >= 0.6 is 0 Å². The second kappa shape index (κ2) is 13.4. The molecule has 1 aromatic heterocycles. The van der Waals surface area contributed by atoms with Gasteiger partial charge >= 0.3 is 0 Å². The Morgan fingerprint density at radius 2 is 1.45 bits per heavy atom. The van der Waals surface area contributed by atoms with E-state index in [2.05, 4.69) is 204 Å². The maximum Gasteiger partial charge on any atom is 0.137 e. The van der Waals surface area contributed by atoms with Gasteiger partial charge in [-0.1, -0.05) is 146 Å². The summed E-state index contributed by atoms with van der Waals surface area (Å²) in [6.07, 6.45) is 31.4. The van der Waals surface area contributed by atoms with Crippen molar-refractivity contribution >= 4 is 33.3 Å². The van der Waals surface area contributed by atoms with Crippen LogP contribution in [0, 0.1) is 17.8 Å². The molecule has 6 aliphatic rings. The van der Waals surface area contributed by atoms with Gasteiger partial charge in [0.05, 0.1) is 12.1 Å². The quantitative estimate of drug-likeness (QED) is 0.158. The van der Waals surface area contributed by atoms with Gasteiger partial charge in [-0.15, -0.1) is 0 Å². The summed E-state index contributed by atoms with van der Waals surface area (Å²) >= 11 is 0. The van der Waals surface area contributed by atoms with Crippen LogP contribution in [0.1, 0.15) is 48.3 Å². The molecule has 0 saturated carbocycles. The zero-order valence-corrected chi connectivity index (χ0v) is 32.6. The Balaban J connectivity index is 1.05. The highest BCUT2D eigenvalue weighted by Gasteiger charge is 2.54. The van der Waals surface area contributed by atoms with Gasteiger partial charge in [0.15, 0.2) is 0 Å². The fraction of sp³-hybridized carbons (Fsp3) is 0.200. The van der Waals surface area contributed by atoms with Crippen molar-refractivity contribution in [1.82, 2.24) is 0 Å². The third kappa shape index (κ3) is 4.98. The van der Waals surface area contributed by atoms with Crippen molar-refractivity contribution in [1.29, 1.82) is 0 Å². The first-order valence-corrected chi connectivity index (χ1v) is 21.3. The molecule has 1 saturated heterocycles. The zero-order chi connectivity index (χ0) is 38.2. The molecule has 7 atom stereocenters. The van der Waals surface area contributed by atoms with E-state index >= 15 is 0 Å². The van der Waals surface area contributed by atoms with Gasteiger partial charge in [-0.2, -0.15) is 0 Å². The molecule has 3 heteroatoms. The summed E-state index contributed by atoms with van der Waals surface area (Å²) in [4.78, 5) is 5.18. The lowest BCUT2D eigenvalue weighted by atomic mass is 9.60. The van der Waals surface area contributed by atoms with E-state index < -0.39 is 0 Å². The number of benzene rings is 5. The molecule has 5 aromatic carbocycles. The highest BCUT2D eigenvalue weighted by Crippen LogP contribution is 2.62. The number of para-hydroxylation sites is 2. The average Bonchev–Trinajstić information content (AvgIpc) is 3.93. The lowest BCUT2D eigenvalue weighted by molar-refractivity contribution is 0.392. The predicted octanol–water partition coefficient (Wildman–Crippen LogP) is 13.1. The van der Waals surface area contributed by atoms with Gasteiger partial charge in [0.25, 0.3) is 0 Å². The van der Waals surface area contributed by atoms with Crippen molar-refractivity contribution in [2.24, 2.45) is 17.8 Å². The van der Waals surface area contributed by atoms with Crippen molar-refractivity contribution < 1.29 is 4.42 Å². The Morgan fingerprint density at radius 3 is 2.33 bits per heavy atom. The number of nitrogens with zero attached hydrogens (tertiary/aromatic N) is 2. The average molecular weight is 751 g/mol. The molecule has 3 nitrogen and oxygen atoms in total. The van der Waals surface area contributed by atoms with Gasteiger partial charge in [0.1, 0.15) is 11.2 Å². The van der Waals surface area contributed by atoms with E-state index in [0.717, 1.165) is 40.5 Å². The second-order valence-electron chi connectivity index (χ2n) is 17.0. The van der Waals surface area contributed by atoms with Crippen molar-refractivity contribution in [3.8, 4) is 0 Å². The van der Waals surface area contributed by atoms with E-state index in [1.54, 1.807) is 0 Å². The third-order valence-electron chi connectivity index (χ3n) is 14.1. The molecular weight excluding hydrogens is 705 g/mol. The molecule has 2 heterocycles.